The van der Waals surface area contributed by atoms with Gasteiger partial charge in [0.1, 0.15) is 11.6 Å². The van der Waals surface area contributed by atoms with E-state index < -0.39 is 0 Å². The van der Waals surface area contributed by atoms with Crippen LogP contribution in [0.25, 0.3) is 28.1 Å². The highest BCUT2D eigenvalue weighted by atomic mass is 16.5. The maximum atomic E-state index is 7.99. The van der Waals surface area contributed by atoms with E-state index in [4.69, 9.17) is 15.1 Å². The van der Waals surface area contributed by atoms with Crippen molar-refractivity contribution in [2.24, 2.45) is 5.92 Å². The summed E-state index contributed by atoms with van der Waals surface area (Å²) >= 11 is 0. The Balaban J connectivity index is 1.77. The van der Waals surface area contributed by atoms with Crippen molar-refractivity contribution < 1.29 is 4.74 Å². The van der Waals surface area contributed by atoms with E-state index in [-0.39, 0.29) is 0 Å². The number of aromatic nitrogens is 4. The van der Waals surface area contributed by atoms with Gasteiger partial charge >= 0.3 is 0 Å². The van der Waals surface area contributed by atoms with Gasteiger partial charge in [0.15, 0.2) is 0 Å². The summed E-state index contributed by atoms with van der Waals surface area (Å²) in [7, 11) is 0. The van der Waals surface area contributed by atoms with Crippen LogP contribution in [0.4, 0.5) is 5.82 Å². The highest BCUT2D eigenvalue weighted by molar-refractivity contribution is 6.04. The van der Waals surface area contributed by atoms with Crippen LogP contribution >= 0.6 is 0 Å². The minimum absolute atomic E-state index is 0.510. The van der Waals surface area contributed by atoms with Crippen molar-refractivity contribution in [1.82, 2.24) is 19.5 Å². The Hall–Kier alpha value is -3.06. The molecule has 1 aliphatic rings. The molecule has 0 amide bonds. The van der Waals surface area contributed by atoms with Gasteiger partial charge in [-0.1, -0.05) is 19.9 Å². The molecule has 7 nitrogen and oxygen atoms in total. The molecule has 0 bridgehead atoms. The molecule has 1 aliphatic heterocycles. The summed E-state index contributed by atoms with van der Waals surface area (Å²) in [6.45, 7) is 7.51. The SMILES string of the molecule is CC(C)C/C=C(\C=N)n1c(-c2ccc(N3CCOCC3)nc2)nc2ccncc21. The highest BCUT2D eigenvalue weighted by Crippen LogP contribution is 2.28. The van der Waals surface area contributed by atoms with Gasteiger partial charge in [0.05, 0.1) is 36.1 Å². The lowest BCUT2D eigenvalue weighted by atomic mass is 10.1. The Morgan fingerprint density at radius 2 is 2.03 bits per heavy atom. The number of hydrogen-bond acceptors (Lipinski definition) is 6. The van der Waals surface area contributed by atoms with Crippen LogP contribution in [-0.4, -0.2) is 52.0 Å². The van der Waals surface area contributed by atoms with Crippen LogP contribution in [0.2, 0.25) is 0 Å². The molecule has 0 radical (unpaired) electrons. The minimum Gasteiger partial charge on any atom is -0.378 e. The van der Waals surface area contributed by atoms with Crippen LogP contribution < -0.4 is 4.90 Å². The Morgan fingerprint density at radius 1 is 1.21 bits per heavy atom. The number of morpholine rings is 1. The van der Waals surface area contributed by atoms with Gasteiger partial charge in [0.2, 0.25) is 0 Å². The monoisotopic (exact) mass is 390 g/mol. The van der Waals surface area contributed by atoms with E-state index in [1.807, 2.05) is 29.0 Å². The molecule has 29 heavy (non-hydrogen) atoms. The smallest absolute Gasteiger partial charge is 0.147 e. The first-order chi connectivity index (χ1) is 14.2. The zero-order valence-electron chi connectivity index (χ0n) is 16.9. The third kappa shape index (κ3) is 4.05. The van der Waals surface area contributed by atoms with E-state index in [1.54, 1.807) is 12.4 Å². The quantitative estimate of drug-likeness (QED) is 0.647. The zero-order chi connectivity index (χ0) is 20.2. The average molecular weight is 390 g/mol. The molecule has 3 aromatic heterocycles. The van der Waals surface area contributed by atoms with Crippen LogP contribution in [-0.2, 0) is 4.74 Å². The van der Waals surface area contributed by atoms with Crippen molar-refractivity contribution in [3.05, 3.63) is 42.9 Å². The highest BCUT2D eigenvalue weighted by Gasteiger charge is 2.17. The van der Waals surface area contributed by atoms with Gasteiger partial charge in [-0.2, -0.15) is 0 Å². The van der Waals surface area contributed by atoms with Crippen molar-refractivity contribution in [3.63, 3.8) is 0 Å². The maximum Gasteiger partial charge on any atom is 0.147 e. The third-order valence-electron chi connectivity index (χ3n) is 5.00. The topological polar surface area (TPSA) is 79.9 Å². The first-order valence-electron chi connectivity index (χ1n) is 10.00. The number of hydrogen-bond donors (Lipinski definition) is 1. The number of rotatable bonds is 6. The summed E-state index contributed by atoms with van der Waals surface area (Å²) in [5.41, 5.74) is 3.44. The number of imidazole rings is 1. The van der Waals surface area contributed by atoms with E-state index in [2.05, 4.69) is 34.8 Å². The number of fused-ring (bicyclic) bond motifs is 1. The molecule has 1 N–H and O–H groups in total. The normalized spacial score (nSPS) is 15.3. The fourth-order valence-electron chi connectivity index (χ4n) is 3.45. The molecule has 0 spiro atoms. The number of nitrogens with zero attached hydrogens (tertiary/aromatic N) is 5. The summed E-state index contributed by atoms with van der Waals surface area (Å²) in [5.74, 6) is 2.23. The molecule has 1 saturated heterocycles. The van der Waals surface area contributed by atoms with Crippen LogP contribution in [0.5, 0.6) is 0 Å². The van der Waals surface area contributed by atoms with Crippen molar-refractivity contribution in [3.8, 4) is 11.4 Å². The second-order valence-electron chi connectivity index (χ2n) is 7.54. The van der Waals surface area contributed by atoms with Gasteiger partial charge in [0, 0.05) is 37.3 Å². The Kier molecular flexibility index (Phi) is 5.67. The van der Waals surface area contributed by atoms with Crippen molar-refractivity contribution in [1.29, 1.82) is 5.41 Å². The summed E-state index contributed by atoms with van der Waals surface area (Å²) in [6.07, 6.45) is 9.76. The molecule has 150 valence electrons. The Bertz CT molecular complexity index is 1020. The minimum atomic E-state index is 0.510. The molecule has 0 aliphatic carbocycles. The molecule has 4 heterocycles. The molecular formula is C22H26N6O. The first kappa shape index (κ1) is 19.3. The van der Waals surface area contributed by atoms with E-state index in [9.17, 15) is 0 Å². The summed E-state index contributed by atoms with van der Waals surface area (Å²) in [6, 6.07) is 5.98. The molecule has 0 aromatic carbocycles. The van der Waals surface area contributed by atoms with Crippen molar-refractivity contribution in [2.75, 3.05) is 31.2 Å². The van der Waals surface area contributed by atoms with E-state index >= 15 is 0 Å². The van der Waals surface area contributed by atoms with Crippen LogP contribution in [0.1, 0.15) is 20.3 Å². The summed E-state index contributed by atoms with van der Waals surface area (Å²) in [4.78, 5) is 16.0. The fraction of sp³-hybridized carbons (Fsp3) is 0.364. The van der Waals surface area contributed by atoms with Crippen molar-refractivity contribution >= 4 is 28.8 Å². The molecule has 0 unspecified atom stereocenters. The molecule has 0 saturated carbocycles. The number of ether oxygens (including phenoxy) is 1. The molecule has 7 heteroatoms. The van der Waals surface area contributed by atoms with Crippen molar-refractivity contribution in [2.45, 2.75) is 20.3 Å². The first-order valence-corrected chi connectivity index (χ1v) is 10.00. The number of pyridine rings is 2. The Labute approximate surface area is 170 Å². The van der Waals surface area contributed by atoms with Gasteiger partial charge in [-0.15, -0.1) is 0 Å². The lowest BCUT2D eigenvalue weighted by Gasteiger charge is -2.27. The molecule has 3 aromatic rings. The van der Waals surface area contributed by atoms with Gasteiger partial charge in [0.25, 0.3) is 0 Å². The van der Waals surface area contributed by atoms with Gasteiger partial charge in [-0.3, -0.25) is 9.55 Å². The van der Waals surface area contributed by atoms with Gasteiger partial charge in [-0.05, 0) is 30.5 Å². The number of allylic oxidation sites excluding steroid dienone is 2. The van der Waals surface area contributed by atoms with Crippen LogP contribution in [0.15, 0.2) is 42.9 Å². The molecule has 1 fully saturated rings. The second kappa shape index (κ2) is 8.53. The number of nitrogens with one attached hydrogen (secondary N) is 1. The van der Waals surface area contributed by atoms with Crippen LogP contribution in [0.3, 0.4) is 0 Å². The zero-order valence-corrected chi connectivity index (χ0v) is 16.9. The summed E-state index contributed by atoms with van der Waals surface area (Å²) < 4.78 is 7.43. The van der Waals surface area contributed by atoms with E-state index in [0.717, 1.165) is 66.7 Å². The van der Waals surface area contributed by atoms with E-state index in [1.165, 1.54) is 6.21 Å². The molecular weight excluding hydrogens is 364 g/mol. The molecule has 4 rings (SSSR count). The molecule has 0 atom stereocenters. The van der Waals surface area contributed by atoms with E-state index in [0.29, 0.717) is 5.92 Å². The standard InChI is InChI=1S/C22H26N6O/c1-16(2)3-5-18(13-23)28-20-15-24-8-7-19(20)26-22(28)17-4-6-21(25-14-17)27-9-11-29-12-10-27/h4-8,13-16,23H,3,9-12H2,1-2H3/b18-5+,23-13?. The fourth-order valence-corrected chi connectivity index (χ4v) is 3.45. The largest absolute Gasteiger partial charge is 0.378 e. The number of anilines is 1. The van der Waals surface area contributed by atoms with Crippen LogP contribution in [0, 0.1) is 11.3 Å². The predicted molar refractivity (Wildman–Crippen MR) is 116 cm³/mol. The second-order valence-corrected chi connectivity index (χ2v) is 7.54. The maximum absolute atomic E-state index is 7.99. The average Bonchev–Trinajstić information content (AvgIpc) is 3.14. The van der Waals surface area contributed by atoms with Gasteiger partial charge < -0.3 is 15.0 Å². The lowest BCUT2D eigenvalue weighted by molar-refractivity contribution is 0.122. The third-order valence-corrected chi connectivity index (χ3v) is 5.00. The van der Waals surface area contributed by atoms with Gasteiger partial charge in [-0.25, -0.2) is 9.97 Å². The predicted octanol–water partition coefficient (Wildman–Crippen LogP) is 3.87. The lowest BCUT2D eigenvalue weighted by Crippen LogP contribution is -2.36. The Morgan fingerprint density at radius 3 is 2.72 bits per heavy atom. The summed E-state index contributed by atoms with van der Waals surface area (Å²) in [5, 5.41) is 7.99.